The van der Waals surface area contributed by atoms with Gasteiger partial charge in [0.05, 0.1) is 6.54 Å². The third-order valence-corrected chi connectivity index (χ3v) is 5.05. The van der Waals surface area contributed by atoms with Crippen LogP contribution in [-0.2, 0) is 4.79 Å². The lowest BCUT2D eigenvalue weighted by molar-refractivity contribution is -0.116. The summed E-state index contributed by atoms with van der Waals surface area (Å²) in [6, 6.07) is 4.46. The first-order valence-electron chi connectivity index (χ1n) is 10.6. The average Bonchev–Trinajstić information content (AvgIpc) is 2.70. The molecule has 1 aliphatic heterocycles. The van der Waals surface area contributed by atoms with E-state index >= 15 is 0 Å². The normalized spacial score (nSPS) is 18.0. The van der Waals surface area contributed by atoms with Crippen molar-refractivity contribution >= 4 is 17.7 Å². The lowest BCUT2D eigenvalue weighted by Crippen LogP contribution is -2.42. The van der Waals surface area contributed by atoms with Gasteiger partial charge in [0.2, 0.25) is 5.91 Å². The molecule has 156 valence electrons. The number of carbonyl (C=O) groups excluding carboxylic acids is 1. The van der Waals surface area contributed by atoms with Crippen LogP contribution in [0.4, 0.5) is 5.82 Å². The molecular formula is C21H36N6O. The number of anilines is 1. The standard InChI is InChI=1S/C21H36N6O/c1-4-18-8-6-7-14-27(18)15-13-24-21(22-5-2)23-12-11-20(28)26-19-10-9-17(3)16-25-19/h9-10,16,18H,4-8,11-15H2,1-3H3,(H2,22,23,24)(H,25,26,28). The maximum atomic E-state index is 12.1. The van der Waals surface area contributed by atoms with E-state index < -0.39 is 0 Å². The van der Waals surface area contributed by atoms with E-state index in [-0.39, 0.29) is 5.91 Å². The van der Waals surface area contributed by atoms with Crippen LogP contribution in [0.5, 0.6) is 0 Å². The first-order chi connectivity index (χ1) is 13.6. The fraction of sp³-hybridized carbons (Fsp3) is 0.667. The number of guanidine groups is 1. The molecule has 0 aliphatic carbocycles. The molecule has 0 saturated carbocycles. The molecule has 1 amide bonds. The van der Waals surface area contributed by atoms with Gasteiger partial charge in [0.15, 0.2) is 5.96 Å². The van der Waals surface area contributed by atoms with Crippen molar-refractivity contribution in [2.75, 3.05) is 38.0 Å². The highest BCUT2D eigenvalue weighted by Crippen LogP contribution is 2.18. The second kappa shape index (κ2) is 12.3. The Bertz CT molecular complexity index is 616. The fourth-order valence-electron chi connectivity index (χ4n) is 3.49. The average molecular weight is 389 g/mol. The van der Waals surface area contributed by atoms with E-state index in [0.29, 0.717) is 24.8 Å². The zero-order valence-electron chi connectivity index (χ0n) is 17.6. The van der Waals surface area contributed by atoms with Gasteiger partial charge in [-0.05, 0) is 51.3 Å². The minimum absolute atomic E-state index is 0.0567. The molecule has 1 aromatic heterocycles. The van der Waals surface area contributed by atoms with Gasteiger partial charge in [-0.25, -0.2) is 4.98 Å². The summed E-state index contributed by atoms with van der Waals surface area (Å²) in [5, 5.41) is 9.32. The maximum absolute atomic E-state index is 12.1. The molecule has 1 atom stereocenters. The molecule has 1 fully saturated rings. The van der Waals surface area contributed by atoms with Crippen LogP contribution in [0.3, 0.4) is 0 Å². The van der Waals surface area contributed by atoms with Crippen LogP contribution in [0.15, 0.2) is 23.3 Å². The Hall–Kier alpha value is -2.15. The minimum atomic E-state index is -0.0567. The smallest absolute Gasteiger partial charge is 0.227 e. The number of aliphatic imine (C=N–C) groups is 1. The van der Waals surface area contributed by atoms with E-state index in [1.165, 1.54) is 32.2 Å². The van der Waals surface area contributed by atoms with Crippen molar-refractivity contribution in [1.82, 2.24) is 20.5 Å². The third kappa shape index (κ3) is 7.84. The Morgan fingerprint density at radius 3 is 2.86 bits per heavy atom. The molecule has 1 aromatic rings. The van der Waals surface area contributed by atoms with E-state index in [4.69, 9.17) is 0 Å². The number of amides is 1. The summed E-state index contributed by atoms with van der Waals surface area (Å²) in [6.45, 7) is 10.6. The van der Waals surface area contributed by atoms with Gasteiger partial charge in [-0.2, -0.15) is 0 Å². The summed E-state index contributed by atoms with van der Waals surface area (Å²) in [5.41, 5.74) is 1.07. The summed E-state index contributed by atoms with van der Waals surface area (Å²) in [7, 11) is 0. The quantitative estimate of drug-likeness (QED) is 0.447. The molecule has 0 spiro atoms. The summed E-state index contributed by atoms with van der Waals surface area (Å²) in [4.78, 5) is 23.5. The second-order valence-electron chi connectivity index (χ2n) is 7.30. The monoisotopic (exact) mass is 388 g/mol. The molecule has 2 heterocycles. The van der Waals surface area contributed by atoms with Crippen molar-refractivity contribution in [3.8, 4) is 0 Å². The number of rotatable bonds is 9. The first kappa shape index (κ1) is 22.1. The summed E-state index contributed by atoms with van der Waals surface area (Å²) >= 11 is 0. The van der Waals surface area contributed by atoms with Crippen molar-refractivity contribution in [2.45, 2.75) is 58.9 Å². The molecule has 3 N–H and O–H groups in total. The highest BCUT2D eigenvalue weighted by Gasteiger charge is 2.19. The predicted octanol–water partition coefficient (Wildman–Crippen LogP) is 2.54. The number of carbonyl (C=O) groups is 1. The largest absolute Gasteiger partial charge is 0.357 e. The molecule has 1 saturated heterocycles. The number of pyridine rings is 1. The summed E-state index contributed by atoms with van der Waals surface area (Å²) in [5.74, 6) is 1.30. The van der Waals surface area contributed by atoms with Gasteiger partial charge in [-0.15, -0.1) is 0 Å². The summed E-state index contributed by atoms with van der Waals surface area (Å²) < 4.78 is 0. The zero-order valence-corrected chi connectivity index (χ0v) is 17.6. The van der Waals surface area contributed by atoms with Gasteiger partial charge in [-0.3, -0.25) is 14.7 Å². The van der Waals surface area contributed by atoms with Crippen molar-refractivity contribution < 1.29 is 4.79 Å². The number of likely N-dealkylation sites (tertiary alicyclic amines) is 1. The van der Waals surface area contributed by atoms with Crippen LogP contribution in [0.1, 0.15) is 51.5 Å². The number of nitrogens with zero attached hydrogens (tertiary/aromatic N) is 3. The van der Waals surface area contributed by atoms with Gasteiger partial charge in [0.25, 0.3) is 0 Å². The lowest BCUT2D eigenvalue weighted by atomic mass is 10.0. The van der Waals surface area contributed by atoms with Gasteiger partial charge < -0.3 is 16.0 Å². The Balaban J connectivity index is 1.72. The van der Waals surface area contributed by atoms with Crippen LogP contribution in [-0.4, -0.2) is 60.5 Å². The van der Waals surface area contributed by atoms with Gasteiger partial charge in [-0.1, -0.05) is 19.4 Å². The fourth-order valence-corrected chi connectivity index (χ4v) is 3.49. The SMILES string of the molecule is CCNC(=NCCN1CCCCC1CC)NCCC(=O)Nc1ccc(C)cn1. The van der Waals surface area contributed by atoms with Crippen LogP contribution in [0.25, 0.3) is 0 Å². The molecule has 1 unspecified atom stereocenters. The summed E-state index contributed by atoms with van der Waals surface area (Å²) in [6.07, 6.45) is 7.28. The lowest BCUT2D eigenvalue weighted by Gasteiger charge is -2.34. The Kier molecular flexibility index (Phi) is 9.76. The van der Waals surface area contributed by atoms with Crippen LogP contribution < -0.4 is 16.0 Å². The maximum Gasteiger partial charge on any atom is 0.227 e. The third-order valence-electron chi connectivity index (χ3n) is 5.05. The van der Waals surface area contributed by atoms with Crippen molar-refractivity contribution in [3.05, 3.63) is 23.9 Å². The Labute approximate surface area is 169 Å². The number of hydrogen-bond donors (Lipinski definition) is 3. The second-order valence-corrected chi connectivity index (χ2v) is 7.30. The van der Waals surface area contributed by atoms with Crippen molar-refractivity contribution in [1.29, 1.82) is 0 Å². The number of piperidine rings is 1. The first-order valence-corrected chi connectivity index (χ1v) is 10.6. The van der Waals surface area contributed by atoms with Crippen molar-refractivity contribution in [2.24, 2.45) is 4.99 Å². The predicted molar refractivity (Wildman–Crippen MR) is 116 cm³/mol. The molecule has 0 aromatic carbocycles. The van der Waals surface area contributed by atoms with E-state index in [9.17, 15) is 4.79 Å². The van der Waals surface area contributed by atoms with Crippen LogP contribution in [0, 0.1) is 6.92 Å². The number of aromatic nitrogens is 1. The Morgan fingerprint density at radius 1 is 1.29 bits per heavy atom. The van der Waals surface area contributed by atoms with Gasteiger partial charge >= 0.3 is 0 Å². The Morgan fingerprint density at radius 2 is 2.14 bits per heavy atom. The van der Waals surface area contributed by atoms with Gasteiger partial charge in [0.1, 0.15) is 5.82 Å². The minimum Gasteiger partial charge on any atom is -0.357 e. The zero-order chi connectivity index (χ0) is 20.2. The molecule has 0 radical (unpaired) electrons. The topological polar surface area (TPSA) is 81.7 Å². The van der Waals surface area contributed by atoms with E-state index in [1.54, 1.807) is 6.20 Å². The van der Waals surface area contributed by atoms with Crippen LogP contribution >= 0.6 is 0 Å². The van der Waals surface area contributed by atoms with Crippen molar-refractivity contribution in [3.63, 3.8) is 0 Å². The van der Waals surface area contributed by atoms with Gasteiger partial charge in [0, 0.05) is 38.3 Å². The molecule has 1 aliphatic rings. The van der Waals surface area contributed by atoms with E-state index in [0.717, 1.165) is 31.2 Å². The molecule has 0 bridgehead atoms. The molecule has 7 heteroatoms. The van der Waals surface area contributed by atoms with Crippen LogP contribution in [0.2, 0.25) is 0 Å². The number of hydrogen-bond acceptors (Lipinski definition) is 4. The number of nitrogens with one attached hydrogen (secondary N) is 3. The highest BCUT2D eigenvalue weighted by molar-refractivity contribution is 5.90. The molecular weight excluding hydrogens is 352 g/mol. The van der Waals surface area contributed by atoms with E-state index in [1.807, 2.05) is 26.0 Å². The molecule has 2 rings (SSSR count). The number of aryl methyl sites for hydroxylation is 1. The molecule has 7 nitrogen and oxygen atoms in total. The molecule has 28 heavy (non-hydrogen) atoms. The van der Waals surface area contributed by atoms with E-state index in [2.05, 4.69) is 37.8 Å². The highest BCUT2D eigenvalue weighted by atomic mass is 16.1.